The summed E-state index contributed by atoms with van der Waals surface area (Å²) >= 11 is 0. The molecule has 0 aliphatic heterocycles. The van der Waals surface area contributed by atoms with Crippen LogP contribution in [0.4, 0.5) is 5.82 Å². The van der Waals surface area contributed by atoms with Crippen LogP contribution >= 0.6 is 0 Å². The number of hydrogen-bond donors (Lipinski definition) is 4. The fraction of sp³-hybridized carbons (Fsp3) is 0.267. The monoisotopic (exact) mass is 658 g/mol. The molecule has 0 saturated heterocycles. The first-order valence-electron chi connectivity index (χ1n) is 14.0. The van der Waals surface area contributed by atoms with Crippen LogP contribution in [0.15, 0.2) is 51.8 Å². The SMILES string of the molecule is COc1cc(CN=C=O)cc(C)c1C.COc1cc(Cn2nnc3c(C(N)=O)ncn3c2=O)cc(C)c1C.N=Nc1nc[nH]c1C(N)=O. The van der Waals surface area contributed by atoms with E-state index >= 15 is 0 Å². The number of fused-ring (bicyclic) bond motifs is 1. The third-order valence-corrected chi connectivity index (χ3v) is 7.08. The summed E-state index contributed by atoms with van der Waals surface area (Å²) in [5.41, 5.74) is 22.3. The number of ether oxygens (including phenoxy) is 2. The predicted molar refractivity (Wildman–Crippen MR) is 171 cm³/mol. The van der Waals surface area contributed by atoms with Gasteiger partial charge in [0.05, 0.1) is 33.6 Å². The van der Waals surface area contributed by atoms with Crippen LogP contribution in [0.2, 0.25) is 0 Å². The molecule has 2 amide bonds. The summed E-state index contributed by atoms with van der Waals surface area (Å²) in [6.45, 7) is 8.51. The Balaban J connectivity index is 0.000000220. The number of aliphatic imine (C=N–C) groups is 1. The largest absolute Gasteiger partial charge is 0.496 e. The number of carbonyl (C=O) groups excluding carboxylic acids is 3. The second-order valence-corrected chi connectivity index (χ2v) is 10.1. The van der Waals surface area contributed by atoms with Crippen molar-refractivity contribution in [2.75, 3.05) is 14.2 Å². The van der Waals surface area contributed by atoms with Gasteiger partial charge in [0.1, 0.15) is 17.8 Å². The number of isocyanates is 1. The molecule has 0 atom stereocenters. The first kappa shape index (κ1) is 35.9. The van der Waals surface area contributed by atoms with Crippen molar-refractivity contribution in [2.24, 2.45) is 21.6 Å². The van der Waals surface area contributed by atoms with E-state index in [1.54, 1.807) is 14.2 Å². The minimum absolute atomic E-state index is 0.0208. The molecule has 6 N–H and O–H groups in total. The highest BCUT2D eigenvalue weighted by atomic mass is 16.5. The van der Waals surface area contributed by atoms with E-state index < -0.39 is 17.5 Å². The Kier molecular flexibility index (Phi) is 12.1. The zero-order chi connectivity index (χ0) is 35.5. The van der Waals surface area contributed by atoms with Gasteiger partial charge in [0.25, 0.3) is 11.8 Å². The number of nitrogens with one attached hydrogen (secondary N) is 2. The first-order chi connectivity index (χ1) is 22.9. The van der Waals surface area contributed by atoms with Gasteiger partial charge in [-0.3, -0.25) is 9.59 Å². The standard InChI is InChI=1S/C15H16N6O3.C11H13NO2.C4H5N5O/c1-8-4-10(5-11(24-3)9(8)2)6-21-15(23)20-7-17-12(13(16)22)14(20)18-19-21;1-8-4-10(6-12-7-13)5-11(14-3)9(8)2;5-3(10)2-4(9-6)8-1-7-2/h4-5,7H,6H2,1-3H3,(H2,16,22);4-5H,6H2,1-3H3;1,6H,(H2,5,10)(H,7,8). The summed E-state index contributed by atoms with van der Waals surface area (Å²) in [7, 11) is 3.23. The third-order valence-electron chi connectivity index (χ3n) is 7.08. The number of rotatable bonds is 9. The number of aromatic nitrogens is 7. The number of carbonyl (C=O) groups is 2. The second-order valence-electron chi connectivity index (χ2n) is 10.1. The Hall–Kier alpha value is -6.55. The summed E-state index contributed by atoms with van der Waals surface area (Å²) in [5, 5.41) is 10.7. The Labute approximate surface area is 273 Å². The number of nitrogens with zero attached hydrogens (tertiary/aromatic N) is 8. The molecule has 0 bridgehead atoms. The molecule has 18 nitrogen and oxygen atoms in total. The molecule has 18 heteroatoms. The number of aryl methyl sites for hydroxylation is 2. The van der Waals surface area contributed by atoms with Crippen molar-refractivity contribution >= 4 is 29.4 Å². The van der Waals surface area contributed by atoms with Gasteiger partial charge in [-0.05, 0) is 73.2 Å². The molecule has 2 aromatic carbocycles. The average molecular weight is 659 g/mol. The minimum atomic E-state index is -0.761. The Morgan fingerprint density at radius 3 is 2.08 bits per heavy atom. The third kappa shape index (κ3) is 8.38. The lowest BCUT2D eigenvalue weighted by atomic mass is 10.0. The maximum absolute atomic E-state index is 12.5. The van der Waals surface area contributed by atoms with Crippen molar-refractivity contribution in [1.82, 2.24) is 34.3 Å². The fourth-order valence-electron chi connectivity index (χ4n) is 4.36. The first-order valence-corrected chi connectivity index (χ1v) is 14.0. The van der Waals surface area contributed by atoms with Gasteiger partial charge in [-0.25, -0.2) is 34.5 Å². The van der Waals surface area contributed by atoms with Crippen LogP contribution in [0, 0.1) is 33.2 Å². The molecule has 5 aromatic rings. The van der Waals surface area contributed by atoms with E-state index in [4.69, 9.17) is 26.5 Å². The van der Waals surface area contributed by atoms with Gasteiger partial charge in [0.15, 0.2) is 17.0 Å². The number of benzene rings is 2. The van der Waals surface area contributed by atoms with E-state index in [1.165, 1.54) is 23.4 Å². The average Bonchev–Trinajstić information content (AvgIpc) is 3.73. The quantitative estimate of drug-likeness (QED) is 0.102. The number of H-pyrrole nitrogens is 1. The van der Waals surface area contributed by atoms with Crippen LogP contribution in [0.3, 0.4) is 0 Å². The van der Waals surface area contributed by atoms with Crippen molar-refractivity contribution in [2.45, 2.75) is 40.8 Å². The second kappa shape index (κ2) is 16.1. The van der Waals surface area contributed by atoms with Gasteiger partial charge >= 0.3 is 5.69 Å². The summed E-state index contributed by atoms with van der Waals surface area (Å²) in [6.07, 6.45) is 3.99. The minimum Gasteiger partial charge on any atom is -0.496 e. The van der Waals surface area contributed by atoms with Gasteiger partial charge in [-0.15, -0.1) is 10.2 Å². The predicted octanol–water partition coefficient (Wildman–Crippen LogP) is 2.38. The zero-order valence-electron chi connectivity index (χ0n) is 27.1. The van der Waals surface area contributed by atoms with E-state index in [9.17, 15) is 19.2 Å². The number of amides is 2. The molecule has 3 aromatic heterocycles. The summed E-state index contributed by atoms with van der Waals surface area (Å²) < 4.78 is 12.9. The highest BCUT2D eigenvalue weighted by Gasteiger charge is 2.16. The number of aromatic amines is 1. The Bertz CT molecular complexity index is 2070. The van der Waals surface area contributed by atoms with Gasteiger partial charge in [-0.2, -0.15) is 4.68 Å². The summed E-state index contributed by atoms with van der Waals surface area (Å²) in [4.78, 5) is 57.5. The molecular formula is C30H34N12O6. The normalized spacial score (nSPS) is 10.1. The van der Waals surface area contributed by atoms with Crippen LogP contribution in [-0.4, -0.2) is 66.5 Å². The van der Waals surface area contributed by atoms with E-state index in [2.05, 4.69) is 35.4 Å². The van der Waals surface area contributed by atoms with Gasteiger partial charge < -0.3 is 25.9 Å². The molecule has 5 rings (SSSR count). The molecule has 0 radical (unpaired) electrons. The summed E-state index contributed by atoms with van der Waals surface area (Å²) in [6, 6.07) is 7.70. The smallest absolute Gasteiger partial charge is 0.353 e. The Morgan fingerprint density at radius 1 is 0.958 bits per heavy atom. The molecule has 48 heavy (non-hydrogen) atoms. The van der Waals surface area contributed by atoms with Crippen LogP contribution in [0.5, 0.6) is 11.5 Å². The lowest BCUT2D eigenvalue weighted by molar-refractivity contribution is 0.0988. The Morgan fingerprint density at radius 2 is 1.56 bits per heavy atom. The molecule has 0 spiro atoms. The van der Waals surface area contributed by atoms with Crippen molar-refractivity contribution in [1.29, 1.82) is 5.53 Å². The molecule has 0 saturated carbocycles. The maximum atomic E-state index is 12.5. The van der Waals surface area contributed by atoms with Crippen LogP contribution < -0.4 is 26.6 Å². The lowest BCUT2D eigenvalue weighted by Crippen LogP contribution is -2.30. The van der Waals surface area contributed by atoms with E-state index in [0.29, 0.717) is 6.54 Å². The number of nitrogens with two attached hydrogens (primary N) is 2. The van der Waals surface area contributed by atoms with E-state index in [0.717, 1.165) is 49.3 Å². The van der Waals surface area contributed by atoms with Crippen LogP contribution in [0.25, 0.3) is 5.65 Å². The van der Waals surface area contributed by atoms with Crippen molar-refractivity contribution < 1.29 is 23.9 Å². The molecule has 0 fully saturated rings. The summed E-state index contributed by atoms with van der Waals surface area (Å²) in [5.74, 6) is 0.172. The number of methoxy groups -OCH3 is 2. The number of imidazole rings is 2. The lowest BCUT2D eigenvalue weighted by Gasteiger charge is -2.11. The molecule has 250 valence electrons. The molecule has 0 aliphatic rings. The van der Waals surface area contributed by atoms with Crippen LogP contribution in [-0.2, 0) is 17.9 Å². The topological polar surface area (TPSA) is 264 Å². The number of primary amides is 2. The van der Waals surface area contributed by atoms with Gasteiger partial charge in [-0.1, -0.05) is 17.3 Å². The van der Waals surface area contributed by atoms with Crippen LogP contribution in [0.1, 0.15) is 54.4 Å². The highest BCUT2D eigenvalue weighted by Crippen LogP contribution is 2.24. The van der Waals surface area contributed by atoms with E-state index in [1.807, 2.05) is 52.0 Å². The molecule has 0 unspecified atom stereocenters. The zero-order valence-corrected chi connectivity index (χ0v) is 27.1. The van der Waals surface area contributed by atoms with Gasteiger partial charge in [0, 0.05) is 0 Å². The molecule has 0 aliphatic carbocycles. The van der Waals surface area contributed by atoms with Gasteiger partial charge in [0.2, 0.25) is 11.9 Å². The highest BCUT2D eigenvalue weighted by molar-refractivity contribution is 5.96. The van der Waals surface area contributed by atoms with Crippen molar-refractivity contribution in [3.8, 4) is 11.5 Å². The van der Waals surface area contributed by atoms with E-state index in [-0.39, 0.29) is 29.4 Å². The van der Waals surface area contributed by atoms with Crippen molar-refractivity contribution in [3.63, 3.8) is 0 Å². The molecular weight excluding hydrogens is 624 g/mol. The maximum Gasteiger partial charge on any atom is 0.353 e. The van der Waals surface area contributed by atoms with Crippen molar-refractivity contribution in [3.05, 3.63) is 92.2 Å². The fourth-order valence-corrected chi connectivity index (χ4v) is 4.36. The number of hydrogen-bond acceptors (Lipinski definition) is 13. The molecule has 3 heterocycles.